The number of aliphatic carboxylic acids is 2. The molecule has 0 aromatic rings. The average molecular weight is 274 g/mol. The van der Waals surface area contributed by atoms with Crippen LogP contribution in [0.15, 0.2) is 23.3 Å². The van der Waals surface area contributed by atoms with E-state index < -0.39 is 11.9 Å². The maximum atomic E-state index is 11.0. The molecule has 0 aliphatic rings. The van der Waals surface area contributed by atoms with Crippen LogP contribution in [0.25, 0.3) is 0 Å². The van der Waals surface area contributed by atoms with Crippen LogP contribution in [-0.2, 0) is 9.59 Å². The van der Waals surface area contributed by atoms with Gasteiger partial charge < -0.3 is 13.1 Å². The van der Waals surface area contributed by atoms with Crippen LogP contribution in [0.5, 0.6) is 0 Å². The molecule has 6 heteroatoms. The summed E-state index contributed by atoms with van der Waals surface area (Å²) in [6, 6.07) is 0. The van der Waals surface area contributed by atoms with Crippen molar-refractivity contribution in [2.75, 3.05) is 0 Å². The molecule has 0 unspecified atom stereocenters. The molecule has 94 valence electrons. The molecule has 0 amide bonds. The van der Waals surface area contributed by atoms with E-state index in [1.807, 2.05) is 0 Å². The summed E-state index contributed by atoms with van der Waals surface area (Å²) in [6.07, 6.45) is 2.90. The van der Waals surface area contributed by atoms with E-state index in [2.05, 4.69) is 0 Å². The zero-order chi connectivity index (χ0) is 12.9. The van der Waals surface area contributed by atoms with Gasteiger partial charge in [0.05, 0.1) is 11.1 Å². The molecule has 18 heavy (non-hydrogen) atoms. The number of carboxylic acid groups (broad SMARTS) is 2. The van der Waals surface area contributed by atoms with Gasteiger partial charge in [-0.05, 0) is 11.8 Å². The van der Waals surface area contributed by atoms with Gasteiger partial charge >= 0.3 is 71.1 Å². The smallest absolute Gasteiger partial charge is 1.00 e. The number of hydrogen-bond acceptors (Lipinski definition) is 2. The Hall–Kier alpha value is 0.420. The number of carbonyl (C=O) groups is 2. The summed E-state index contributed by atoms with van der Waals surface area (Å²) < 4.78 is 0. The van der Waals surface area contributed by atoms with Crippen LogP contribution < -0.4 is 59.1 Å². The monoisotopic (exact) mass is 274 g/mol. The van der Waals surface area contributed by atoms with E-state index in [-0.39, 0.29) is 84.9 Å². The molecule has 0 aromatic heterocycles. The average Bonchev–Trinajstić information content (AvgIpc) is 2.09. The third-order valence-corrected chi connectivity index (χ3v) is 1.75. The van der Waals surface area contributed by atoms with Crippen LogP contribution in [0.2, 0.25) is 0 Å². The molecule has 0 rings (SSSR count). The Morgan fingerprint density at radius 3 is 1.17 bits per heavy atom. The summed E-state index contributed by atoms with van der Waals surface area (Å²) in [5.74, 6) is -2.44. The Balaban J connectivity index is -0.000000187. The SMILES string of the molecule is CC(C)C=C(C(=O)O)C(=CC(C)C)C(=O)O.[H-].[H-].[Na+].[Na+]. The number of carboxylic acids is 2. The minimum atomic E-state index is -1.21. The van der Waals surface area contributed by atoms with Gasteiger partial charge in [0.15, 0.2) is 0 Å². The van der Waals surface area contributed by atoms with Crippen molar-refractivity contribution in [3.05, 3.63) is 23.3 Å². The zero-order valence-electron chi connectivity index (χ0n) is 14.0. The van der Waals surface area contributed by atoms with Crippen molar-refractivity contribution < 1.29 is 81.8 Å². The second kappa shape index (κ2) is 11.3. The van der Waals surface area contributed by atoms with Gasteiger partial charge in [0.1, 0.15) is 0 Å². The van der Waals surface area contributed by atoms with E-state index in [1.54, 1.807) is 27.7 Å². The normalized spacial score (nSPS) is 11.9. The Bertz CT molecular complexity index is 319. The topological polar surface area (TPSA) is 74.6 Å². The molecule has 0 bridgehead atoms. The zero-order valence-corrected chi connectivity index (χ0v) is 16.0. The second-order valence-corrected chi connectivity index (χ2v) is 4.26. The van der Waals surface area contributed by atoms with Gasteiger partial charge in [-0.3, -0.25) is 0 Å². The predicted octanol–water partition coefficient (Wildman–Crippen LogP) is -3.45. The van der Waals surface area contributed by atoms with E-state index in [0.29, 0.717) is 0 Å². The number of rotatable bonds is 5. The molecule has 0 saturated carbocycles. The van der Waals surface area contributed by atoms with Gasteiger partial charge in [0, 0.05) is 0 Å². The summed E-state index contributed by atoms with van der Waals surface area (Å²) in [5.41, 5.74) is -0.285. The molecule has 0 saturated heterocycles. The molecule has 0 spiro atoms. The molecule has 0 atom stereocenters. The molecule has 0 heterocycles. The van der Waals surface area contributed by atoms with Crippen molar-refractivity contribution in [3.8, 4) is 0 Å². The van der Waals surface area contributed by atoms with Gasteiger partial charge in [-0.1, -0.05) is 39.8 Å². The van der Waals surface area contributed by atoms with Gasteiger partial charge in [0.25, 0.3) is 0 Å². The van der Waals surface area contributed by atoms with Crippen LogP contribution in [0.1, 0.15) is 30.5 Å². The molecular formula is C12H20Na2O4. The summed E-state index contributed by atoms with van der Waals surface area (Å²) >= 11 is 0. The van der Waals surface area contributed by atoms with Gasteiger partial charge in [0.2, 0.25) is 0 Å². The summed E-state index contributed by atoms with van der Waals surface area (Å²) in [4.78, 5) is 22.0. The van der Waals surface area contributed by atoms with Crippen LogP contribution in [0.4, 0.5) is 0 Å². The quantitative estimate of drug-likeness (QED) is 0.311. The molecule has 0 fully saturated rings. The third kappa shape index (κ3) is 9.36. The molecular weight excluding hydrogens is 254 g/mol. The first-order valence-corrected chi connectivity index (χ1v) is 5.16. The summed E-state index contributed by atoms with van der Waals surface area (Å²) in [5, 5.41) is 18.0. The minimum absolute atomic E-state index is 0. The van der Waals surface area contributed by atoms with E-state index in [9.17, 15) is 9.59 Å². The van der Waals surface area contributed by atoms with Crippen molar-refractivity contribution >= 4 is 11.9 Å². The minimum Gasteiger partial charge on any atom is -1.00 e. The fraction of sp³-hybridized carbons (Fsp3) is 0.500. The maximum absolute atomic E-state index is 11.0. The molecule has 0 aliphatic carbocycles. The van der Waals surface area contributed by atoms with Crippen LogP contribution in [0, 0.1) is 11.8 Å². The van der Waals surface area contributed by atoms with Crippen molar-refractivity contribution in [2.45, 2.75) is 27.7 Å². The van der Waals surface area contributed by atoms with Crippen molar-refractivity contribution in [1.82, 2.24) is 0 Å². The molecule has 4 nitrogen and oxygen atoms in total. The van der Waals surface area contributed by atoms with E-state index in [4.69, 9.17) is 10.2 Å². The van der Waals surface area contributed by atoms with Gasteiger partial charge in [-0.25, -0.2) is 9.59 Å². The Kier molecular flexibility index (Phi) is 14.7. The Morgan fingerprint density at radius 2 is 1.06 bits per heavy atom. The van der Waals surface area contributed by atoms with Crippen molar-refractivity contribution in [2.24, 2.45) is 11.8 Å². The van der Waals surface area contributed by atoms with Crippen molar-refractivity contribution in [3.63, 3.8) is 0 Å². The number of allylic oxidation sites excluding steroid dienone is 2. The first kappa shape index (κ1) is 23.5. The first-order chi connectivity index (χ1) is 7.25. The first-order valence-electron chi connectivity index (χ1n) is 5.16. The van der Waals surface area contributed by atoms with Gasteiger partial charge in [-0.2, -0.15) is 0 Å². The maximum Gasteiger partial charge on any atom is 1.00 e. The van der Waals surface area contributed by atoms with Crippen LogP contribution >= 0.6 is 0 Å². The standard InChI is InChI=1S/C12H18O4.2Na.2H/c1-7(2)5-9(11(13)14)10(12(15)16)6-8(3)4;;;;/h5-8H,1-4H3,(H,13,14)(H,15,16);;;;/q;2*+1;2*-1. The number of hydrogen-bond donors (Lipinski definition) is 2. The molecule has 0 aliphatic heterocycles. The van der Waals surface area contributed by atoms with E-state index >= 15 is 0 Å². The van der Waals surface area contributed by atoms with Crippen LogP contribution in [-0.4, -0.2) is 22.2 Å². The largest absolute Gasteiger partial charge is 1.00 e. The summed E-state index contributed by atoms with van der Waals surface area (Å²) in [7, 11) is 0. The van der Waals surface area contributed by atoms with E-state index in [0.717, 1.165) is 0 Å². The fourth-order valence-corrected chi connectivity index (χ4v) is 1.22. The Morgan fingerprint density at radius 1 is 0.833 bits per heavy atom. The predicted molar refractivity (Wildman–Crippen MR) is 63.3 cm³/mol. The second-order valence-electron chi connectivity index (χ2n) is 4.26. The molecule has 0 aromatic carbocycles. The van der Waals surface area contributed by atoms with Crippen LogP contribution in [0.3, 0.4) is 0 Å². The molecule has 2 N–H and O–H groups in total. The summed E-state index contributed by atoms with van der Waals surface area (Å²) in [6.45, 7) is 7.21. The fourth-order valence-electron chi connectivity index (χ4n) is 1.22. The third-order valence-electron chi connectivity index (χ3n) is 1.75. The van der Waals surface area contributed by atoms with E-state index in [1.165, 1.54) is 12.2 Å². The Labute approximate surface area is 155 Å². The van der Waals surface area contributed by atoms with Gasteiger partial charge in [-0.15, -0.1) is 0 Å². The van der Waals surface area contributed by atoms with Crippen molar-refractivity contribution in [1.29, 1.82) is 0 Å². The molecule has 0 radical (unpaired) electrons.